The third kappa shape index (κ3) is 8.16. The third-order valence-electron chi connectivity index (χ3n) is 5.64. The number of thiazole rings is 1. The zero-order chi connectivity index (χ0) is 29.1. The number of hydrogen-bond donors (Lipinski definition) is 3. The second-order valence-electron chi connectivity index (χ2n) is 9.66. The summed E-state index contributed by atoms with van der Waals surface area (Å²) in [6.45, 7) is 5.77. The van der Waals surface area contributed by atoms with Crippen LogP contribution in [0.5, 0.6) is 0 Å². The Labute approximate surface area is 238 Å². The van der Waals surface area contributed by atoms with Gasteiger partial charge in [-0.1, -0.05) is 35.1 Å². The number of rotatable bonds is 10. The molecule has 1 aliphatic heterocycles. The smallest absolute Gasteiger partial charge is 0.389 e. The fraction of sp³-hybridized carbons (Fsp3) is 0.458. The van der Waals surface area contributed by atoms with Gasteiger partial charge in [0, 0.05) is 31.4 Å². The number of aromatic nitrogens is 3. The first-order chi connectivity index (χ1) is 18.7. The summed E-state index contributed by atoms with van der Waals surface area (Å²) in [5, 5.41) is 13.7. The fourth-order valence-electron chi connectivity index (χ4n) is 3.68. The lowest BCUT2D eigenvalue weighted by Gasteiger charge is -2.26. The fourth-order valence-corrected chi connectivity index (χ4v) is 6.21. The van der Waals surface area contributed by atoms with Crippen molar-refractivity contribution in [1.82, 2.24) is 15.0 Å². The molecule has 1 fully saturated rings. The molecule has 1 aliphatic rings. The first-order valence-corrected chi connectivity index (χ1v) is 15.0. The van der Waals surface area contributed by atoms with Crippen LogP contribution in [0.1, 0.15) is 20.3 Å². The third-order valence-corrected chi connectivity index (χ3v) is 8.46. The Morgan fingerprint density at radius 3 is 2.58 bits per heavy atom. The minimum Gasteiger partial charge on any atom is -0.389 e. The van der Waals surface area contributed by atoms with Crippen LogP contribution >= 0.6 is 22.9 Å². The maximum absolute atomic E-state index is 12.6. The van der Waals surface area contributed by atoms with Crippen molar-refractivity contribution in [2.24, 2.45) is 0 Å². The van der Waals surface area contributed by atoms with Crippen LogP contribution in [0.4, 0.5) is 29.9 Å². The summed E-state index contributed by atoms with van der Waals surface area (Å²) in [6.07, 6.45) is -4.56. The van der Waals surface area contributed by atoms with Gasteiger partial charge in [0.15, 0.2) is 5.13 Å². The van der Waals surface area contributed by atoms with Crippen molar-refractivity contribution in [2.75, 3.05) is 53.5 Å². The molecule has 2 aromatic heterocycles. The molecular formula is C24H28ClF3N6O4S2. The number of sulfonamides is 1. The van der Waals surface area contributed by atoms with Crippen LogP contribution in [0.15, 0.2) is 30.5 Å². The topological polar surface area (TPSA) is 130 Å². The highest BCUT2D eigenvalue weighted by atomic mass is 35.5. The quantitative estimate of drug-likeness (QED) is 0.297. The number of alkyl halides is 3. The Bertz CT molecular complexity index is 1440. The van der Waals surface area contributed by atoms with Crippen LogP contribution in [0.25, 0.3) is 21.8 Å². The van der Waals surface area contributed by atoms with Gasteiger partial charge in [0.2, 0.25) is 16.0 Å². The average molecular weight is 621 g/mol. The molecule has 1 aromatic carbocycles. The molecule has 0 atom stereocenters. The van der Waals surface area contributed by atoms with Gasteiger partial charge in [-0.05, 0) is 26.0 Å². The molecule has 16 heteroatoms. The first kappa shape index (κ1) is 30.2. The molecule has 0 amide bonds. The van der Waals surface area contributed by atoms with Crippen LogP contribution < -0.4 is 14.9 Å². The molecule has 0 saturated carbocycles. The molecule has 0 spiro atoms. The minimum absolute atomic E-state index is 0.0207. The van der Waals surface area contributed by atoms with Crippen LogP contribution in [0.3, 0.4) is 0 Å². The van der Waals surface area contributed by atoms with E-state index in [1.165, 1.54) is 23.5 Å². The van der Waals surface area contributed by atoms with Crippen molar-refractivity contribution in [3.63, 3.8) is 0 Å². The monoisotopic (exact) mass is 620 g/mol. The van der Waals surface area contributed by atoms with Crippen molar-refractivity contribution in [2.45, 2.75) is 32.0 Å². The highest BCUT2D eigenvalue weighted by molar-refractivity contribution is 7.92. The number of hydrogen-bond acceptors (Lipinski definition) is 10. The summed E-state index contributed by atoms with van der Waals surface area (Å²) in [5.41, 5.74) is 0.226. The van der Waals surface area contributed by atoms with E-state index in [1.807, 2.05) is 4.90 Å². The lowest BCUT2D eigenvalue weighted by molar-refractivity contribution is -0.129. The zero-order valence-electron chi connectivity index (χ0n) is 21.6. The van der Waals surface area contributed by atoms with E-state index >= 15 is 0 Å². The molecule has 218 valence electrons. The molecule has 4 rings (SSSR count). The summed E-state index contributed by atoms with van der Waals surface area (Å²) in [6, 6.07) is 6.24. The largest absolute Gasteiger partial charge is 0.390 e. The Hall–Kier alpha value is -2.72. The van der Waals surface area contributed by atoms with E-state index in [1.54, 1.807) is 32.2 Å². The molecule has 1 saturated heterocycles. The van der Waals surface area contributed by atoms with Crippen LogP contribution in [-0.4, -0.2) is 78.9 Å². The van der Waals surface area contributed by atoms with Crippen molar-refractivity contribution in [1.29, 1.82) is 0 Å². The van der Waals surface area contributed by atoms with Gasteiger partial charge < -0.3 is 20.1 Å². The van der Waals surface area contributed by atoms with E-state index in [9.17, 15) is 26.7 Å². The van der Waals surface area contributed by atoms with E-state index < -0.39 is 34.0 Å². The van der Waals surface area contributed by atoms with Crippen molar-refractivity contribution < 1.29 is 31.4 Å². The lowest BCUT2D eigenvalue weighted by Crippen LogP contribution is -2.36. The number of halogens is 4. The second-order valence-corrected chi connectivity index (χ2v) is 12.9. The SMILES string of the molecule is CC(C)(O)CNc1nccc(-c2sc(N3CCOCC3)nc2-c2cccc(NS(=O)(=O)CCC(F)(F)F)c2Cl)n1. The molecule has 10 nitrogen and oxygen atoms in total. The molecular weight excluding hydrogens is 593 g/mol. The van der Waals surface area contributed by atoms with Gasteiger partial charge in [-0.2, -0.15) is 13.2 Å². The number of aliphatic hydroxyl groups is 1. The number of benzene rings is 1. The van der Waals surface area contributed by atoms with Gasteiger partial charge in [0.05, 0.1) is 58.0 Å². The molecule has 3 aromatic rings. The normalized spacial score (nSPS) is 14.8. The maximum atomic E-state index is 12.6. The van der Waals surface area contributed by atoms with Crippen LogP contribution in [-0.2, 0) is 14.8 Å². The van der Waals surface area contributed by atoms with Gasteiger partial charge in [-0.25, -0.2) is 23.4 Å². The standard InChI is InChI=1S/C24H28ClF3N6O4S2/c1-23(2,35)14-30-21-29-8-6-17(31-21)20-19(32-22(39-20)34-9-11-38-12-10-34)15-4-3-5-16(18(15)25)33-40(36,37)13-7-24(26,27)28/h3-6,8,33,35H,7,9-14H2,1-2H3,(H,29,30,31). The van der Waals surface area contributed by atoms with Crippen molar-refractivity contribution in [3.8, 4) is 21.8 Å². The summed E-state index contributed by atoms with van der Waals surface area (Å²) < 4.78 is 70.2. The zero-order valence-corrected chi connectivity index (χ0v) is 24.0. The van der Waals surface area contributed by atoms with Crippen molar-refractivity contribution >= 4 is 49.7 Å². The predicted octanol–water partition coefficient (Wildman–Crippen LogP) is 4.63. The van der Waals surface area contributed by atoms with Crippen LogP contribution in [0, 0.1) is 0 Å². The Morgan fingerprint density at radius 1 is 1.18 bits per heavy atom. The number of nitrogens with zero attached hydrogens (tertiary/aromatic N) is 4. The summed E-state index contributed by atoms with van der Waals surface area (Å²) in [7, 11) is -4.33. The van der Waals surface area contributed by atoms with Crippen molar-refractivity contribution in [3.05, 3.63) is 35.5 Å². The van der Waals surface area contributed by atoms with E-state index in [2.05, 4.69) is 20.0 Å². The van der Waals surface area contributed by atoms with E-state index in [-0.39, 0.29) is 23.2 Å². The predicted molar refractivity (Wildman–Crippen MR) is 149 cm³/mol. The number of ether oxygens (including phenoxy) is 1. The van der Waals surface area contributed by atoms with Gasteiger partial charge in [-0.3, -0.25) is 4.72 Å². The number of morpholine rings is 1. The van der Waals surface area contributed by atoms with Gasteiger partial charge in [-0.15, -0.1) is 0 Å². The average Bonchev–Trinajstić information content (AvgIpc) is 3.33. The molecule has 0 unspecified atom stereocenters. The lowest BCUT2D eigenvalue weighted by atomic mass is 10.1. The Balaban J connectivity index is 1.73. The second kappa shape index (κ2) is 12.0. The van der Waals surface area contributed by atoms with E-state index in [0.717, 1.165) is 0 Å². The molecule has 3 N–H and O–H groups in total. The van der Waals surface area contributed by atoms with E-state index in [4.69, 9.17) is 21.3 Å². The van der Waals surface area contributed by atoms with Gasteiger partial charge in [0.1, 0.15) is 0 Å². The minimum atomic E-state index is -4.62. The summed E-state index contributed by atoms with van der Waals surface area (Å²) in [5.74, 6) is -0.856. The molecule has 0 radical (unpaired) electrons. The van der Waals surface area contributed by atoms with Crippen LogP contribution in [0.2, 0.25) is 5.02 Å². The number of nitrogens with one attached hydrogen (secondary N) is 2. The molecule has 40 heavy (non-hydrogen) atoms. The maximum Gasteiger partial charge on any atom is 0.390 e. The Morgan fingerprint density at radius 2 is 1.90 bits per heavy atom. The summed E-state index contributed by atoms with van der Waals surface area (Å²) in [4.78, 5) is 16.3. The van der Waals surface area contributed by atoms with Gasteiger partial charge >= 0.3 is 6.18 Å². The molecule has 0 aliphatic carbocycles. The molecule has 0 bridgehead atoms. The van der Waals surface area contributed by atoms with Gasteiger partial charge in [0.25, 0.3) is 0 Å². The molecule has 3 heterocycles. The Kier molecular flexibility index (Phi) is 9.09. The summed E-state index contributed by atoms with van der Waals surface area (Å²) >= 11 is 7.99. The van der Waals surface area contributed by atoms with E-state index in [0.29, 0.717) is 53.3 Å². The highest BCUT2D eigenvalue weighted by Gasteiger charge is 2.30. The highest BCUT2D eigenvalue weighted by Crippen LogP contribution is 2.44. The first-order valence-electron chi connectivity index (χ1n) is 12.2. The number of anilines is 3.